The molecule has 0 saturated carbocycles. The van der Waals surface area contributed by atoms with Gasteiger partial charge in [0.2, 0.25) is 0 Å². The lowest BCUT2D eigenvalue weighted by Crippen LogP contribution is -2.37. The zero-order chi connectivity index (χ0) is 17.8. The molecule has 7 nitrogen and oxygen atoms in total. The van der Waals surface area contributed by atoms with E-state index >= 15 is 0 Å². The summed E-state index contributed by atoms with van der Waals surface area (Å²) < 4.78 is 1.49. The van der Waals surface area contributed by atoms with Crippen LogP contribution in [0.2, 0.25) is 5.02 Å². The van der Waals surface area contributed by atoms with Crippen LogP contribution in [0.3, 0.4) is 0 Å². The van der Waals surface area contributed by atoms with Crippen LogP contribution in [0.4, 0.5) is 16.2 Å². The van der Waals surface area contributed by atoms with Crippen molar-refractivity contribution in [3.8, 4) is 0 Å². The molecule has 0 aliphatic carbocycles. The van der Waals surface area contributed by atoms with Crippen molar-refractivity contribution in [1.29, 1.82) is 0 Å². The molecule has 0 atom stereocenters. The number of amides is 3. The number of piperidine rings is 1. The molecule has 8 heteroatoms. The molecule has 25 heavy (non-hydrogen) atoms. The van der Waals surface area contributed by atoms with Crippen LogP contribution in [0.1, 0.15) is 29.8 Å². The second kappa shape index (κ2) is 7.57. The van der Waals surface area contributed by atoms with Gasteiger partial charge in [0.25, 0.3) is 5.91 Å². The molecule has 1 aromatic heterocycles. The molecule has 2 heterocycles. The van der Waals surface area contributed by atoms with E-state index in [1.54, 1.807) is 36.2 Å². The number of carbonyl (C=O) groups is 2. The molecule has 0 radical (unpaired) electrons. The summed E-state index contributed by atoms with van der Waals surface area (Å²) in [6.07, 6.45) is 4.63. The fraction of sp³-hybridized carbons (Fsp3) is 0.353. The Balaban J connectivity index is 1.72. The lowest BCUT2D eigenvalue weighted by molar-refractivity contribution is 0.0714. The second-order valence-electron chi connectivity index (χ2n) is 5.97. The molecule has 1 aromatic carbocycles. The number of benzene rings is 1. The molecule has 1 fully saturated rings. The molecular weight excluding hydrogens is 342 g/mol. The third-order valence-electron chi connectivity index (χ3n) is 4.12. The molecular formula is C17H20ClN5O2. The predicted octanol–water partition coefficient (Wildman–Crippen LogP) is 3.34. The lowest BCUT2D eigenvalue weighted by atomic mass is 10.1. The summed E-state index contributed by atoms with van der Waals surface area (Å²) in [5, 5.41) is 10.0. The van der Waals surface area contributed by atoms with Crippen LogP contribution in [0.5, 0.6) is 0 Å². The highest BCUT2D eigenvalue weighted by atomic mass is 35.5. The van der Waals surface area contributed by atoms with Gasteiger partial charge in [-0.3, -0.25) is 9.48 Å². The summed E-state index contributed by atoms with van der Waals surface area (Å²) in [5.41, 5.74) is 1.33. The van der Waals surface area contributed by atoms with E-state index in [4.69, 9.17) is 11.6 Å². The standard InChI is InChI=1S/C17H20ClN5O2/c1-22-15(16(24)23-8-3-2-4-9-23)14(11-19-22)21-17(25)20-13-7-5-6-12(18)10-13/h5-7,10-11H,2-4,8-9H2,1H3,(H2,20,21,25). The van der Waals surface area contributed by atoms with E-state index in [1.165, 1.54) is 10.9 Å². The Morgan fingerprint density at radius 1 is 1.16 bits per heavy atom. The fourth-order valence-electron chi connectivity index (χ4n) is 2.88. The van der Waals surface area contributed by atoms with Gasteiger partial charge in [-0.1, -0.05) is 17.7 Å². The van der Waals surface area contributed by atoms with Crippen molar-refractivity contribution in [1.82, 2.24) is 14.7 Å². The highest BCUT2D eigenvalue weighted by molar-refractivity contribution is 6.30. The molecule has 1 aliphatic rings. The largest absolute Gasteiger partial charge is 0.337 e. The Bertz CT molecular complexity index is 783. The van der Waals surface area contributed by atoms with Gasteiger partial charge in [0.05, 0.1) is 11.9 Å². The molecule has 1 saturated heterocycles. The number of anilines is 2. The van der Waals surface area contributed by atoms with E-state index < -0.39 is 6.03 Å². The first-order valence-electron chi connectivity index (χ1n) is 8.19. The van der Waals surface area contributed by atoms with Crippen LogP contribution in [0.25, 0.3) is 0 Å². The predicted molar refractivity (Wildman–Crippen MR) is 97.1 cm³/mol. The minimum atomic E-state index is -0.456. The number of likely N-dealkylation sites (tertiary alicyclic amines) is 1. The minimum absolute atomic E-state index is 0.113. The molecule has 3 amide bonds. The van der Waals surface area contributed by atoms with Gasteiger partial charge >= 0.3 is 6.03 Å². The van der Waals surface area contributed by atoms with Crippen LogP contribution in [0.15, 0.2) is 30.5 Å². The maximum Gasteiger partial charge on any atom is 0.323 e. The number of nitrogens with zero attached hydrogens (tertiary/aromatic N) is 3. The van der Waals surface area contributed by atoms with Gasteiger partial charge in [0.15, 0.2) is 0 Å². The first-order valence-corrected chi connectivity index (χ1v) is 8.57. The molecule has 0 spiro atoms. The van der Waals surface area contributed by atoms with Crippen LogP contribution in [-0.2, 0) is 7.05 Å². The highest BCUT2D eigenvalue weighted by Crippen LogP contribution is 2.20. The second-order valence-corrected chi connectivity index (χ2v) is 6.41. The molecule has 2 N–H and O–H groups in total. The van der Waals surface area contributed by atoms with Crippen molar-refractivity contribution in [2.75, 3.05) is 23.7 Å². The number of hydrogen-bond donors (Lipinski definition) is 2. The van der Waals surface area contributed by atoms with E-state index in [-0.39, 0.29) is 5.91 Å². The summed E-state index contributed by atoms with van der Waals surface area (Å²) in [4.78, 5) is 26.8. The topological polar surface area (TPSA) is 79.3 Å². The Morgan fingerprint density at radius 3 is 2.64 bits per heavy atom. The number of nitrogens with one attached hydrogen (secondary N) is 2. The summed E-state index contributed by atoms with van der Waals surface area (Å²) in [7, 11) is 1.69. The molecule has 0 unspecified atom stereocenters. The number of hydrogen-bond acceptors (Lipinski definition) is 3. The van der Waals surface area contributed by atoms with Gasteiger partial charge in [-0.25, -0.2) is 4.79 Å². The smallest absolute Gasteiger partial charge is 0.323 e. The summed E-state index contributed by atoms with van der Waals surface area (Å²) >= 11 is 5.91. The van der Waals surface area contributed by atoms with Crippen molar-refractivity contribution in [3.05, 3.63) is 41.2 Å². The minimum Gasteiger partial charge on any atom is -0.337 e. The number of carbonyl (C=O) groups excluding carboxylic acids is 2. The maximum atomic E-state index is 12.8. The Hall–Kier alpha value is -2.54. The van der Waals surface area contributed by atoms with Crippen molar-refractivity contribution in [3.63, 3.8) is 0 Å². The van der Waals surface area contributed by atoms with E-state index in [0.29, 0.717) is 22.1 Å². The SMILES string of the molecule is Cn1ncc(NC(=O)Nc2cccc(Cl)c2)c1C(=O)N1CCCCC1. The fourth-order valence-corrected chi connectivity index (χ4v) is 3.07. The maximum absolute atomic E-state index is 12.8. The molecule has 1 aliphatic heterocycles. The van der Waals surface area contributed by atoms with Crippen molar-refractivity contribution in [2.45, 2.75) is 19.3 Å². The van der Waals surface area contributed by atoms with E-state index in [2.05, 4.69) is 15.7 Å². The zero-order valence-electron chi connectivity index (χ0n) is 14.0. The average molecular weight is 362 g/mol. The Kier molecular flexibility index (Phi) is 5.23. The van der Waals surface area contributed by atoms with Crippen molar-refractivity contribution in [2.24, 2.45) is 7.05 Å². The first-order chi connectivity index (χ1) is 12.0. The normalized spacial score (nSPS) is 14.2. The summed E-state index contributed by atoms with van der Waals surface area (Å²) in [6, 6.07) is 6.38. The monoisotopic (exact) mass is 361 g/mol. The highest BCUT2D eigenvalue weighted by Gasteiger charge is 2.25. The molecule has 132 valence electrons. The van der Waals surface area contributed by atoms with E-state index in [0.717, 1.165) is 32.4 Å². The van der Waals surface area contributed by atoms with Gasteiger partial charge in [-0.2, -0.15) is 5.10 Å². The average Bonchev–Trinajstić information content (AvgIpc) is 2.95. The van der Waals surface area contributed by atoms with Crippen LogP contribution < -0.4 is 10.6 Å². The van der Waals surface area contributed by atoms with Gasteiger partial charge in [-0.15, -0.1) is 0 Å². The Labute approximate surface area is 150 Å². The van der Waals surface area contributed by atoms with Crippen LogP contribution in [-0.4, -0.2) is 39.7 Å². The van der Waals surface area contributed by atoms with Crippen molar-refractivity contribution >= 4 is 34.9 Å². The molecule has 0 bridgehead atoms. The summed E-state index contributed by atoms with van der Waals surface area (Å²) in [6.45, 7) is 1.47. The number of aryl methyl sites for hydroxylation is 1. The van der Waals surface area contributed by atoms with Crippen molar-refractivity contribution < 1.29 is 9.59 Å². The van der Waals surface area contributed by atoms with E-state index in [9.17, 15) is 9.59 Å². The summed E-state index contributed by atoms with van der Waals surface area (Å²) in [5.74, 6) is -0.113. The number of urea groups is 1. The van der Waals surface area contributed by atoms with Crippen LogP contribution in [0, 0.1) is 0 Å². The molecule has 2 aromatic rings. The first kappa shape index (κ1) is 17.3. The van der Waals surface area contributed by atoms with Gasteiger partial charge < -0.3 is 15.5 Å². The van der Waals surface area contributed by atoms with E-state index in [1.807, 2.05) is 0 Å². The quantitative estimate of drug-likeness (QED) is 0.879. The third kappa shape index (κ3) is 4.11. The number of rotatable bonds is 3. The van der Waals surface area contributed by atoms with Gasteiger partial charge in [0, 0.05) is 30.8 Å². The zero-order valence-corrected chi connectivity index (χ0v) is 14.7. The lowest BCUT2D eigenvalue weighted by Gasteiger charge is -2.27. The van der Waals surface area contributed by atoms with Gasteiger partial charge in [0.1, 0.15) is 5.69 Å². The van der Waals surface area contributed by atoms with Gasteiger partial charge in [-0.05, 0) is 37.5 Å². The molecule has 3 rings (SSSR count). The third-order valence-corrected chi connectivity index (χ3v) is 4.35. The Morgan fingerprint density at radius 2 is 1.92 bits per heavy atom. The number of aromatic nitrogens is 2. The number of halogens is 1. The van der Waals surface area contributed by atoms with Crippen LogP contribution >= 0.6 is 11.6 Å².